The first kappa shape index (κ1) is 23.8. The van der Waals surface area contributed by atoms with Gasteiger partial charge in [0.1, 0.15) is 0 Å². The average Bonchev–Trinajstić information content (AvgIpc) is 2.70. The van der Waals surface area contributed by atoms with Crippen molar-refractivity contribution in [2.45, 2.75) is 30.6 Å². The second kappa shape index (κ2) is 11.0. The van der Waals surface area contributed by atoms with Gasteiger partial charge < -0.3 is 19.5 Å². The third-order valence-corrected chi connectivity index (χ3v) is 4.76. The van der Waals surface area contributed by atoms with Gasteiger partial charge in [-0.25, -0.2) is 4.79 Å². The number of amides is 1. The Balaban J connectivity index is 2.02. The minimum Gasteiger partial charge on any atom is -0.493 e. The summed E-state index contributed by atoms with van der Waals surface area (Å²) in [5.74, 6) is -3.32. The number of benzene rings is 2. The lowest BCUT2D eigenvalue weighted by Gasteiger charge is -2.16. The molecule has 1 amide bonds. The van der Waals surface area contributed by atoms with E-state index in [0.29, 0.717) is 34.7 Å². The monoisotopic (exact) mass is 459 g/mol. The Morgan fingerprint density at radius 1 is 1.20 bits per heavy atom. The number of hydrogen-bond acceptors (Lipinski definition) is 6. The fraction of sp³-hybridized carbons (Fsp3) is 0.300. The van der Waals surface area contributed by atoms with Crippen LogP contribution in [0.1, 0.15) is 24.2 Å². The Kier molecular flexibility index (Phi) is 8.73. The van der Waals surface area contributed by atoms with E-state index in [1.54, 1.807) is 6.92 Å². The molecule has 0 heterocycles. The number of carbonyl (C=O) groups excluding carboxylic acids is 2. The van der Waals surface area contributed by atoms with Gasteiger partial charge in [-0.1, -0.05) is 23.4 Å². The molecule has 0 fully saturated rings. The largest absolute Gasteiger partial charge is 0.493 e. The predicted molar refractivity (Wildman–Crippen MR) is 111 cm³/mol. The average molecular weight is 460 g/mol. The predicted octanol–water partition coefficient (Wildman–Crippen LogP) is 5.25. The molecule has 0 aliphatic rings. The van der Waals surface area contributed by atoms with E-state index in [4.69, 9.17) is 25.8 Å². The molecule has 6 nitrogen and oxygen atoms in total. The maximum absolute atomic E-state index is 12.4. The first-order chi connectivity index (χ1) is 14.2. The molecule has 0 radical (unpaired) electrons. The highest BCUT2D eigenvalue weighted by Crippen LogP contribution is 2.36. The van der Waals surface area contributed by atoms with Crippen LogP contribution in [0.25, 0.3) is 0 Å². The number of methoxy groups -OCH3 is 1. The van der Waals surface area contributed by atoms with Gasteiger partial charge in [-0.2, -0.15) is 8.78 Å². The SMILES string of the molecule is CCOc1c(Cl)cc(C(=O)OC(C)C(=O)Nc2ccc(SC(F)F)cc2)cc1OC. The number of rotatable bonds is 9. The Morgan fingerprint density at radius 3 is 2.43 bits per heavy atom. The van der Waals surface area contributed by atoms with Crippen LogP contribution in [-0.4, -0.2) is 37.5 Å². The van der Waals surface area contributed by atoms with Gasteiger partial charge >= 0.3 is 5.97 Å². The van der Waals surface area contributed by atoms with Crippen molar-refractivity contribution in [1.82, 2.24) is 0 Å². The second-order valence-electron chi connectivity index (χ2n) is 5.86. The summed E-state index contributed by atoms with van der Waals surface area (Å²) < 4.78 is 40.5. The molecule has 0 aliphatic carbocycles. The molecule has 2 aromatic carbocycles. The van der Waals surface area contributed by atoms with Gasteiger partial charge in [-0.05, 0) is 50.2 Å². The third kappa shape index (κ3) is 6.50. The van der Waals surface area contributed by atoms with Crippen LogP contribution >= 0.6 is 23.4 Å². The molecule has 0 aromatic heterocycles. The number of halogens is 3. The van der Waals surface area contributed by atoms with Crippen molar-refractivity contribution in [3.63, 3.8) is 0 Å². The Hall–Kier alpha value is -2.52. The molecule has 1 unspecified atom stereocenters. The quantitative estimate of drug-likeness (QED) is 0.408. The normalized spacial score (nSPS) is 11.7. The van der Waals surface area contributed by atoms with Crippen LogP contribution in [0.15, 0.2) is 41.3 Å². The Labute approximate surface area is 181 Å². The number of anilines is 1. The number of nitrogens with one attached hydrogen (secondary N) is 1. The lowest BCUT2D eigenvalue weighted by molar-refractivity contribution is -0.123. The Morgan fingerprint density at radius 2 is 1.87 bits per heavy atom. The van der Waals surface area contributed by atoms with Crippen molar-refractivity contribution >= 4 is 40.9 Å². The maximum Gasteiger partial charge on any atom is 0.339 e. The van der Waals surface area contributed by atoms with Crippen molar-refractivity contribution in [3.05, 3.63) is 47.0 Å². The molecule has 30 heavy (non-hydrogen) atoms. The zero-order valence-electron chi connectivity index (χ0n) is 16.4. The van der Waals surface area contributed by atoms with Crippen LogP contribution in [0.5, 0.6) is 11.5 Å². The molecule has 2 aromatic rings. The summed E-state index contributed by atoms with van der Waals surface area (Å²) >= 11 is 6.55. The third-order valence-electron chi connectivity index (χ3n) is 3.75. The molecule has 0 saturated carbocycles. The summed E-state index contributed by atoms with van der Waals surface area (Å²) in [5.41, 5.74) is 0.473. The molecule has 0 bridgehead atoms. The number of carbonyl (C=O) groups is 2. The molecular weight excluding hydrogens is 440 g/mol. The number of thioether (sulfide) groups is 1. The van der Waals surface area contributed by atoms with Gasteiger partial charge in [0.2, 0.25) is 0 Å². The highest BCUT2D eigenvalue weighted by molar-refractivity contribution is 7.99. The summed E-state index contributed by atoms with van der Waals surface area (Å²) in [6.07, 6.45) is -1.12. The van der Waals surface area contributed by atoms with Crippen molar-refractivity contribution in [1.29, 1.82) is 0 Å². The summed E-state index contributed by atoms with van der Waals surface area (Å²) in [7, 11) is 1.41. The molecule has 1 N–H and O–H groups in total. The molecular formula is C20H20ClF2NO5S. The van der Waals surface area contributed by atoms with E-state index in [0.717, 1.165) is 0 Å². The van der Waals surface area contributed by atoms with E-state index in [2.05, 4.69) is 5.32 Å². The minimum absolute atomic E-state index is 0.0910. The fourth-order valence-corrected chi connectivity index (χ4v) is 3.13. The number of esters is 1. The van der Waals surface area contributed by atoms with Gasteiger partial charge in [0.05, 0.1) is 24.3 Å². The highest BCUT2D eigenvalue weighted by atomic mass is 35.5. The number of ether oxygens (including phenoxy) is 3. The molecule has 0 saturated heterocycles. The summed E-state index contributed by atoms with van der Waals surface area (Å²) in [4.78, 5) is 25.1. The van der Waals surface area contributed by atoms with E-state index in [1.807, 2.05) is 0 Å². The lowest BCUT2D eigenvalue weighted by atomic mass is 10.2. The molecule has 2 rings (SSSR count). The first-order valence-corrected chi connectivity index (χ1v) is 10.1. The van der Waals surface area contributed by atoms with Crippen molar-refractivity contribution in [2.75, 3.05) is 19.0 Å². The van der Waals surface area contributed by atoms with E-state index in [-0.39, 0.29) is 16.3 Å². The van der Waals surface area contributed by atoms with Crippen molar-refractivity contribution in [2.24, 2.45) is 0 Å². The van der Waals surface area contributed by atoms with Gasteiger partial charge in [-0.3, -0.25) is 4.79 Å². The summed E-state index contributed by atoms with van der Waals surface area (Å²) in [6, 6.07) is 8.64. The Bertz CT molecular complexity index is 896. The summed E-state index contributed by atoms with van der Waals surface area (Å²) in [5, 5.41) is 2.72. The standard InChI is InChI=1S/C20H20ClF2NO5S/c1-4-28-17-15(21)9-12(10-16(17)27-3)19(26)29-11(2)18(25)24-13-5-7-14(8-6-13)30-20(22)23/h5-11,20H,4H2,1-3H3,(H,24,25). The van der Waals surface area contributed by atoms with Crippen LogP contribution in [0, 0.1) is 0 Å². The van der Waals surface area contributed by atoms with Crippen LogP contribution in [-0.2, 0) is 9.53 Å². The zero-order chi connectivity index (χ0) is 22.3. The minimum atomic E-state index is -2.53. The van der Waals surface area contributed by atoms with E-state index >= 15 is 0 Å². The van der Waals surface area contributed by atoms with Crippen LogP contribution in [0.4, 0.5) is 14.5 Å². The molecule has 0 aliphatic heterocycles. The number of hydrogen-bond donors (Lipinski definition) is 1. The zero-order valence-corrected chi connectivity index (χ0v) is 18.0. The van der Waals surface area contributed by atoms with Crippen LogP contribution in [0.2, 0.25) is 5.02 Å². The van der Waals surface area contributed by atoms with Gasteiger partial charge in [0.15, 0.2) is 17.6 Å². The van der Waals surface area contributed by atoms with Crippen molar-refractivity contribution < 1.29 is 32.6 Å². The van der Waals surface area contributed by atoms with E-state index in [1.165, 1.54) is 50.4 Å². The van der Waals surface area contributed by atoms with Gasteiger partial charge in [0, 0.05) is 10.6 Å². The maximum atomic E-state index is 12.4. The van der Waals surface area contributed by atoms with Crippen LogP contribution in [0.3, 0.4) is 0 Å². The molecule has 162 valence electrons. The second-order valence-corrected chi connectivity index (χ2v) is 7.33. The molecule has 0 spiro atoms. The van der Waals surface area contributed by atoms with Gasteiger partial charge in [0.25, 0.3) is 11.7 Å². The highest BCUT2D eigenvalue weighted by Gasteiger charge is 2.22. The van der Waals surface area contributed by atoms with Crippen molar-refractivity contribution in [3.8, 4) is 11.5 Å². The smallest absolute Gasteiger partial charge is 0.339 e. The van der Waals surface area contributed by atoms with E-state index in [9.17, 15) is 18.4 Å². The first-order valence-electron chi connectivity index (χ1n) is 8.82. The fourth-order valence-electron chi connectivity index (χ4n) is 2.37. The molecule has 10 heteroatoms. The van der Waals surface area contributed by atoms with Gasteiger partial charge in [-0.15, -0.1) is 0 Å². The number of alkyl halides is 2. The molecule has 1 atom stereocenters. The van der Waals surface area contributed by atoms with E-state index < -0.39 is 23.7 Å². The topological polar surface area (TPSA) is 73.9 Å². The van der Waals surface area contributed by atoms with Crippen LogP contribution < -0.4 is 14.8 Å². The summed E-state index contributed by atoms with van der Waals surface area (Å²) in [6.45, 7) is 3.55. The lowest BCUT2D eigenvalue weighted by Crippen LogP contribution is -2.30.